The zero-order chi connectivity index (χ0) is 19.7. The SMILES string of the molecule is O=C1NC(=O)N(c2ccc(I)cc2)C(=O)/C1=C/c1cnn(-c2ccccc2)c1. The van der Waals surface area contributed by atoms with Crippen molar-refractivity contribution < 1.29 is 14.4 Å². The molecule has 1 aliphatic rings. The molecule has 4 rings (SSSR count). The lowest BCUT2D eigenvalue weighted by Crippen LogP contribution is -2.54. The van der Waals surface area contributed by atoms with Crippen LogP contribution in [0.25, 0.3) is 11.8 Å². The van der Waals surface area contributed by atoms with E-state index in [4.69, 9.17) is 0 Å². The van der Waals surface area contributed by atoms with Gasteiger partial charge in [0.25, 0.3) is 11.8 Å². The molecule has 8 heteroatoms. The van der Waals surface area contributed by atoms with Gasteiger partial charge in [0, 0.05) is 15.3 Å². The molecule has 1 aliphatic heterocycles. The van der Waals surface area contributed by atoms with Gasteiger partial charge in [0.05, 0.1) is 17.6 Å². The summed E-state index contributed by atoms with van der Waals surface area (Å²) in [5.74, 6) is -1.41. The molecule has 4 amide bonds. The number of amides is 4. The minimum Gasteiger partial charge on any atom is -0.273 e. The molecule has 2 aromatic carbocycles. The number of urea groups is 1. The highest BCUT2D eigenvalue weighted by Crippen LogP contribution is 2.23. The first kappa shape index (κ1) is 18.1. The fourth-order valence-electron chi connectivity index (χ4n) is 2.78. The number of para-hydroxylation sites is 1. The Morgan fingerprint density at radius 3 is 2.36 bits per heavy atom. The molecule has 3 aromatic rings. The number of nitrogens with zero attached hydrogens (tertiary/aromatic N) is 3. The van der Waals surface area contributed by atoms with Gasteiger partial charge in [-0.2, -0.15) is 5.10 Å². The second-order valence-electron chi connectivity index (χ2n) is 5.99. The molecular formula is C20H13IN4O3. The van der Waals surface area contributed by atoms with Gasteiger partial charge in [-0.05, 0) is 65.1 Å². The molecule has 0 aliphatic carbocycles. The maximum absolute atomic E-state index is 12.9. The number of halogens is 1. The van der Waals surface area contributed by atoms with Crippen molar-refractivity contribution in [2.45, 2.75) is 0 Å². The number of benzene rings is 2. The normalized spacial score (nSPS) is 15.8. The van der Waals surface area contributed by atoms with Crippen molar-refractivity contribution in [1.29, 1.82) is 0 Å². The first-order valence-corrected chi connectivity index (χ1v) is 9.38. The van der Waals surface area contributed by atoms with Crippen LogP contribution in [-0.2, 0) is 9.59 Å². The molecule has 2 heterocycles. The highest BCUT2D eigenvalue weighted by Gasteiger charge is 2.36. The van der Waals surface area contributed by atoms with Crippen LogP contribution in [0.5, 0.6) is 0 Å². The van der Waals surface area contributed by atoms with E-state index in [0.717, 1.165) is 14.2 Å². The Labute approximate surface area is 173 Å². The number of imide groups is 2. The van der Waals surface area contributed by atoms with E-state index in [1.807, 2.05) is 30.3 Å². The predicted molar refractivity (Wildman–Crippen MR) is 112 cm³/mol. The smallest absolute Gasteiger partial charge is 0.273 e. The van der Waals surface area contributed by atoms with Crippen LogP contribution in [0.1, 0.15) is 5.56 Å². The highest BCUT2D eigenvalue weighted by atomic mass is 127. The van der Waals surface area contributed by atoms with Gasteiger partial charge in [-0.1, -0.05) is 18.2 Å². The van der Waals surface area contributed by atoms with E-state index in [-0.39, 0.29) is 5.57 Å². The van der Waals surface area contributed by atoms with E-state index in [1.54, 1.807) is 41.3 Å². The monoisotopic (exact) mass is 484 g/mol. The molecule has 138 valence electrons. The highest BCUT2D eigenvalue weighted by molar-refractivity contribution is 14.1. The summed E-state index contributed by atoms with van der Waals surface area (Å²) in [5.41, 5.74) is 1.67. The number of nitrogens with one attached hydrogen (secondary N) is 1. The van der Waals surface area contributed by atoms with E-state index in [1.165, 1.54) is 6.08 Å². The fourth-order valence-corrected chi connectivity index (χ4v) is 3.14. The average Bonchev–Trinajstić information content (AvgIpc) is 3.16. The van der Waals surface area contributed by atoms with Crippen LogP contribution < -0.4 is 10.2 Å². The lowest BCUT2D eigenvalue weighted by Gasteiger charge is -2.26. The number of carbonyl (C=O) groups excluding carboxylic acids is 3. The van der Waals surface area contributed by atoms with Crippen molar-refractivity contribution in [3.8, 4) is 5.69 Å². The number of rotatable bonds is 3. The summed E-state index contributed by atoms with van der Waals surface area (Å²) in [5, 5.41) is 6.46. The molecule has 0 bridgehead atoms. The Bertz CT molecular complexity index is 1100. The molecule has 7 nitrogen and oxygen atoms in total. The third kappa shape index (κ3) is 3.46. The predicted octanol–water partition coefficient (Wildman–Crippen LogP) is 3.14. The van der Waals surface area contributed by atoms with Crippen molar-refractivity contribution in [3.05, 3.63) is 81.7 Å². The standard InChI is InChI=1S/C20H13IN4O3/c21-14-6-8-16(9-7-14)25-19(27)17(18(26)23-20(25)28)10-13-11-22-24(12-13)15-4-2-1-3-5-15/h1-12H,(H,23,26,28)/b17-10+. The molecule has 1 N–H and O–H groups in total. The molecule has 0 spiro atoms. The van der Waals surface area contributed by atoms with E-state index in [9.17, 15) is 14.4 Å². The van der Waals surface area contributed by atoms with Crippen LogP contribution in [0.2, 0.25) is 0 Å². The largest absolute Gasteiger partial charge is 0.335 e. The van der Waals surface area contributed by atoms with Gasteiger partial charge in [0.15, 0.2) is 0 Å². The Hall–Kier alpha value is -3.27. The molecule has 0 atom stereocenters. The van der Waals surface area contributed by atoms with Crippen molar-refractivity contribution in [1.82, 2.24) is 15.1 Å². The van der Waals surface area contributed by atoms with Gasteiger partial charge in [-0.3, -0.25) is 14.9 Å². The van der Waals surface area contributed by atoms with Crippen molar-refractivity contribution in [2.24, 2.45) is 0 Å². The second kappa shape index (κ2) is 7.39. The summed E-state index contributed by atoms with van der Waals surface area (Å²) >= 11 is 2.13. The number of hydrogen-bond acceptors (Lipinski definition) is 4. The third-order valence-electron chi connectivity index (χ3n) is 4.12. The summed E-state index contributed by atoms with van der Waals surface area (Å²) in [6.45, 7) is 0. The average molecular weight is 484 g/mol. The molecule has 0 radical (unpaired) electrons. The number of barbiturate groups is 1. The van der Waals surface area contributed by atoms with Crippen molar-refractivity contribution in [2.75, 3.05) is 4.90 Å². The van der Waals surface area contributed by atoms with Crippen LogP contribution in [-0.4, -0.2) is 27.6 Å². The second-order valence-corrected chi connectivity index (χ2v) is 7.23. The molecule has 1 aromatic heterocycles. The van der Waals surface area contributed by atoms with Gasteiger partial charge in [-0.15, -0.1) is 0 Å². The zero-order valence-electron chi connectivity index (χ0n) is 14.4. The first-order valence-electron chi connectivity index (χ1n) is 8.30. The van der Waals surface area contributed by atoms with Crippen molar-refractivity contribution in [3.63, 3.8) is 0 Å². The number of carbonyl (C=O) groups is 3. The minimum absolute atomic E-state index is 0.134. The molecular weight excluding hydrogens is 471 g/mol. The van der Waals surface area contributed by atoms with E-state index < -0.39 is 17.8 Å². The number of aromatic nitrogens is 2. The third-order valence-corrected chi connectivity index (χ3v) is 4.84. The Morgan fingerprint density at radius 1 is 0.929 bits per heavy atom. The van der Waals surface area contributed by atoms with E-state index >= 15 is 0 Å². The summed E-state index contributed by atoms with van der Waals surface area (Å²) in [6.07, 6.45) is 4.68. The molecule has 1 saturated heterocycles. The zero-order valence-corrected chi connectivity index (χ0v) is 16.5. The lowest BCUT2D eigenvalue weighted by molar-refractivity contribution is -0.122. The first-order chi connectivity index (χ1) is 13.5. The molecule has 0 saturated carbocycles. The maximum Gasteiger partial charge on any atom is 0.335 e. The van der Waals surface area contributed by atoms with Crippen LogP contribution >= 0.6 is 22.6 Å². The summed E-state index contributed by atoms with van der Waals surface area (Å²) in [7, 11) is 0. The summed E-state index contributed by atoms with van der Waals surface area (Å²) < 4.78 is 2.60. The summed E-state index contributed by atoms with van der Waals surface area (Å²) in [6, 6.07) is 15.5. The Balaban J connectivity index is 1.67. The topological polar surface area (TPSA) is 84.3 Å². The van der Waals surface area contributed by atoms with Gasteiger partial charge in [0.1, 0.15) is 5.57 Å². The van der Waals surface area contributed by atoms with Crippen LogP contribution in [0.15, 0.2) is 72.6 Å². The van der Waals surface area contributed by atoms with E-state index in [0.29, 0.717) is 11.3 Å². The van der Waals surface area contributed by atoms with Crippen LogP contribution in [0.3, 0.4) is 0 Å². The number of hydrogen-bond donors (Lipinski definition) is 1. The Morgan fingerprint density at radius 2 is 1.64 bits per heavy atom. The number of anilines is 1. The minimum atomic E-state index is -0.770. The van der Waals surface area contributed by atoms with Gasteiger partial charge in [-0.25, -0.2) is 14.4 Å². The molecule has 28 heavy (non-hydrogen) atoms. The van der Waals surface area contributed by atoms with E-state index in [2.05, 4.69) is 33.0 Å². The van der Waals surface area contributed by atoms with Crippen LogP contribution in [0.4, 0.5) is 10.5 Å². The van der Waals surface area contributed by atoms with Gasteiger partial charge < -0.3 is 0 Å². The molecule has 0 unspecified atom stereocenters. The van der Waals surface area contributed by atoms with Crippen LogP contribution in [0, 0.1) is 3.57 Å². The van der Waals surface area contributed by atoms with Gasteiger partial charge >= 0.3 is 6.03 Å². The van der Waals surface area contributed by atoms with Crippen molar-refractivity contribution >= 4 is 52.2 Å². The fraction of sp³-hybridized carbons (Fsp3) is 0. The lowest BCUT2D eigenvalue weighted by atomic mass is 10.1. The maximum atomic E-state index is 12.9. The Kier molecular flexibility index (Phi) is 4.78. The quantitative estimate of drug-likeness (QED) is 0.352. The van der Waals surface area contributed by atoms with Gasteiger partial charge in [0.2, 0.25) is 0 Å². The molecule has 1 fully saturated rings. The summed E-state index contributed by atoms with van der Waals surface area (Å²) in [4.78, 5) is 38.3.